The number of nitrogens with zero attached hydrogens (tertiary/aromatic N) is 3. The Morgan fingerprint density at radius 2 is 1.95 bits per heavy atom. The molecule has 0 aromatic carbocycles. The number of hydrogen-bond acceptors (Lipinski definition) is 3. The van der Waals surface area contributed by atoms with Crippen LogP contribution in [0.5, 0.6) is 0 Å². The Hall–Kier alpha value is -2.41. The van der Waals surface area contributed by atoms with E-state index in [1.807, 2.05) is 39.0 Å². The quantitative estimate of drug-likeness (QED) is 0.826. The van der Waals surface area contributed by atoms with Crippen molar-refractivity contribution in [3.8, 4) is 17.2 Å². The van der Waals surface area contributed by atoms with E-state index in [0.717, 1.165) is 16.8 Å². The van der Waals surface area contributed by atoms with Gasteiger partial charge in [-0.1, -0.05) is 0 Å². The van der Waals surface area contributed by atoms with Crippen molar-refractivity contribution >= 4 is 0 Å². The Bertz CT molecular complexity index is 694. The lowest BCUT2D eigenvalue weighted by molar-refractivity contribution is 0.563. The molecule has 0 aliphatic heterocycles. The van der Waals surface area contributed by atoms with Crippen molar-refractivity contribution in [1.82, 2.24) is 9.55 Å². The van der Waals surface area contributed by atoms with Crippen molar-refractivity contribution in [3.05, 3.63) is 52.2 Å². The summed E-state index contributed by atoms with van der Waals surface area (Å²) in [4.78, 5) is 16.2. The molecule has 0 amide bonds. The van der Waals surface area contributed by atoms with Gasteiger partial charge in [0.1, 0.15) is 11.6 Å². The highest BCUT2D eigenvalue weighted by molar-refractivity contribution is 5.66. The summed E-state index contributed by atoms with van der Waals surface area (Å²) in [7, 11) is 0. The van der Waals surface area contributed by atoms with E-state index in [9.17, 15) is 4.79 Å². The molecule has 0 unspecified atom stereocenters. The molecule has 0 atom stereocenters. The third-order valence-electron chi connectivity index (χ3n) is 3.12. The van der Waals surface area contributed by atoms with Crippen LogP contribution in [0.1, 0.15) is 31.1 Å². The lowest BCUT2D eigenvalue weighted by atomic mass is 10.0. The van der Waals surface area contributed by atoms with E-state index in [2.05, 4.69) is 4.98 Å². The molecule has 2 aromatic heterocycles. The fraction of sp³-hybridized carbons (Fsp3) is 0.267. The van der Waals surface area contributed by atoms with E-state index >= 15 is 0 Å². The van der Waals surface area contributed by atoms with E-state index in [1.54, 1.807) is 23.0 Å². The van der Waals surface area contributed by atoms with Gasteiger partial charge in [0.05, 0.1) is 0 Å². The number of hydrogen-bond donors (Lipinski definition) is 0. The minimum atomic E-state index is -0.229. The van der Waals surface area contributed by atoms with E-state index in [4.69, 9.17) is 5.26 Å². The van der Waals surface area contributed by atoms with E-state index in [-0.39, 0.29) is 17.2 Å². The molecule has 0 saturated heterocycles. The van der Waals surface area contributed by atoms with Crippen molar-refractivity contribution < 1.29 is 0 Å². The molecule has 0 spiro atoms. The van der Waals surface area contributed by atoms with Gasteiger partial charge in [-0.3, -0.25) is 9.78 Å². The second-order valence-electron chi connectivity index (χ2n) is 4.67. The van der Waals surface area contributed by atoms with Crippen LogP contribution in [0.3, 0.4) is 0 Å². The maximum Gasteiger partial charge on any atom is 0.268 e. The van der Waals surface area contributed by atoms with Gasteiger partial charge in [0.2, 0.25) is 0 Å². The van der Waals surface area contributed by atoms with Crippen LogP contribution in [0, 0.1) is 18.3 Å². The number of rotatable bonds is 2. The van der Waals surface area contributed by atoms with E-state index in [0.29, 0.717) is 0 Å². The van der Waals surface area contributed by atoms with Crippen molar-refractivity contribution in [1.29, 1.82) is 5.26 Å². The zero-order valence-electron chi connectivity index (χ0n) is 11.2. The van der Waals surface area contributed by atoms with Gasteiger partial charge in [0, 0.05) is 29.7 Å². The van der Waals surface area contributed by atoms with Gasteiger partial charge in [0.15, 0.2) is 0 Å². The van der Waals surface area contributed by atoms with Gasteiger partial charge in [0.25, 0.3) is 5.56 Å². The van der Waals surface area contributed by atoms with Crippen LogP contribution in [0.25, 0.3) is 11.1 Å². The maximum absolute atomic E-state index is 12.2. The molecule has 4 heteroatoms. The monoisotopic (exact) mass is 253 g/mol. The Morgan fingerprint density at radius 1 is 1.32 bits per heavy atom. The van der Waals surface area contributed by atoms with Crippen molar-refractivity contribution in [2.45, 2.75) is 26.8 Å². The number of pyridine rings is 2. The fourth-order valence-corrected chi connectivity index (χ4v) is 2.25. The summed E-state index contributed by atoms with van der Waals surface area (Å²) in [5.41, 5.74) is 2.66. The van der Waals surface area contributed by atoms with Gasteiger partial charge in [-0.25, -0.2) is 0 Å². The van der Waals surface area contributed by atoms with Crippen LogP contribution in [-0.4, -0.2) is 9.55 Å². The van der Waals surface area contributed by atoms with Crippen molar-refractivity contribution in [2.75, 3.05) is 0 Å². The lowest BCUT2D eigenvalue weighted by Crippen LogP contribution is -2.26. The molecular weight excluding hydrogens is 238 g/mol. The second-order valence-corrected chi connectivity index (χ2v) is 4.67. The first-order valence-corrected chi connectivity index (χ1v) is 6.13. The first-order valence-electron chi connectivity index (χ1n) is 6.13. The molecule has 19 heavy (non-hydrogen) atoms. The van der Waals surface area contributed by atoms with Gasteiger partial charge in [-0.15, -0.1) is 0 Å². The molecule has 2 aromatic rings. The third kappa shape index (κ3) is 2.27. The van der Waals surface area contributed by atoms with Gasteiger partial charge >= 0.3 is 0 Å². The third-order valence-corrected chi connectivity index (χ3v) is 3.12. The standard InChI is InChI=1S/C15H15N3O/c1-10(2)18-11(3)14(8-13(9-16)15(18)19)12-4-6-17-7-5-12/h4-8,10H,1-3H3. The normalized spacial score (nSPS) is 10.5. The molecular formula is C15H15N3O. The summed E-state index contributed by atoms with van der Waals surface area (Å²) in [5, 5.41) is 9.11. The van der Waals surface area contributed by atoms with E-state index in [1.165, 1.54) is 0 Å². The van der Waals surface area contributed by atoms with Crippen LogP contribution >= 0.6 is 0 Å². The highest BCUT2D eigenvalue weighted by Gasteiger charge is 2.14. The van der Waals surface area contributed by atoms with Crippen LogP contribution in [0.4, 0.5) is 0 Å². The van der Waals surface area contributed by atoms with Gasteiger partial charge < -0.3 is 4.57 Å². The van der Waals surface area contributed by atoms with Crippen LogP contribution in [0.2, 0.25) is 0 Å². The van der Waals surface area contributed by atoms with Crippen LogP contribution in [-0.2, 0) is 0 Å². The smallest absolute Gasteiger partial charge is 0.268 e. The van der Waals surface area contributed by atoms with Crippen molar-refractivity contribution in [2.24, 2.45) is 0 Å². The topological polar surface area (TPSA) is 58.7 Å². The van der Waals surface area contributed by atoms with Crippen LogP contribution < -0.4 is 5.56 Å². The second kappa shape index (κ2) is 5.07. The SMILES string of the molecule is Cc1c(-c2ccncc2)cc(C#N)c(=O)n1C(C)C. The highest BCUT2D eigenvalue weighted by atomic mass is 16.1. The predicted molar refractivity (Wildman–Crippen MR) is 73.8 cm³/mol. The maximum atomic E-state index is 12.2. The van der Waals surface area contributed by atoms with Crippen molar-refractivity contribution in [3.63, 3.8) is 0 Å². The first-order chi connectivity index (χ1) is 9.06. The molecule has 2 heterocycles. The Labute approximate surface area is 112 Å². The number of nitriles is 1. The largest absolute Gasteiger partial charge is 0.309 e. The zero-order chi connectivity index (χ0) is 14.0. The molecule has 0 aliphatic rings. The summed E-state index contributed by atoms with van der Waals surface area (Å²) in [5.74, 6) is 0. The van der Waals surface area contributed by atoms with Crippen LogP contribution in [0.15, 0.2) is 35.4 Å². The molecule has 0 fully saturated rings. The molecule has 0 aliphatic carbocycles. The fourth-order valence-electron chi connectivity index (χ4n) is 2.25. The van der Waals surface area contributed by atoms with E-state index < -0.39 is 0 Å². The number of aromatic nitrogens is 2. The Morgan fingerprint density at radius 3 is 2.47 bits per heavy atom. The Balaban J connectivity index is 2.81. The molecule has 0 saturated carbocycles. The molecule has 0 radical (unpaired) electrons. The first kappa shape index (κ1) is 13.0. The average Bonchev–Trinajstić information content (AvgIpc) is 2.39. The molecule has 0 N–H and O–H groups in total. The highest BCUT2D eigenvalue weighted by Crippen LogP contribution is 2.23. The minimum absolute atomic E-state index is 0.0152. The summed E-state index contributed by atoms with van der Waals surface area (Å²) < 4.78 is 1.66. The Kier molecular flexibility index (Phi) is 3.48. The van der Waals surface area contributed by atoms with Gasteiger partial charge in [-0.2, -0.15) is 5.26 Å². The predicted octanol–water partition coefficient (Wildman–Crippen LogP) is 2.67. The molecule has 0 bridgehead atoms. The summed E-state index contributed by atoms with van der Waals surface area (Å²) in [6.45, 7) is 5.77. The van der Waals surface area contributed by atoms with Gasteiger partial charge in [-0.05, 0) is 44.5 Å². The lowest BCUT2D eigenvalue weighted by Gasteiger charge is -2.18. The molecule has 2 rings (SSSR count). The molecule has 4 nitrogen and oxygen atoms in total. The minimum Gasteiger partial charge on any atom is -0.309 e. The summed E-state index contributed by atoms with van der Waals surface area (Å²) in [6.07, 6.45) is 3.40. The zero-order valence-corrected chi connectivity index (χ0v) is 11.2. The average molecular weight is 253 g/mol. The molecule has 96 valence electrons. The summed E-state index contributed by atoms with van der Waals surface area (Å²) in [6, 6.07) is 7.40. The summed E-state index contributed by atoms with van der Waals surface area (Å²) >= 11 is 0.